The van der Waals surface area contributed by atoms with Crippen LogP contribution in [0.3, 0.4) is 0 Å². The van der Waals surface area contributed by atoms with Gasteiger partial charge in [-0.25, -0.2) is 28.4 Å². The lowest BCUT2D eigenvalue weighted by molar-refractivity contribution is -0.141. The Kier molecular flexibility index (Phi) is 4.94. The Morgan fingerprint density at radius 1 is 1.06 bits per heavy atom. The molecule has 3 aromatic heterocycles. The van der Waals surface area contributed by atoms with E-state index in [-0.39, 0.29) is 11.6 Å². The van der Waals surface area contributed by atoms with Crippen LogP contribution in [-0.2, 0) is 17.5 Å². The van der Waals surface area contributed by atoms with Crippen molar-refractivity contribution in [1.82, 2.24) is 24.7 Å². The molecule has 0 aliphatic carbocycles. The van der Waals surface area contributed by atoms with Gasteiger partial charge in [-0.15, -0.1) is 0 Å². The predicted molar refractivity (Wildman–Crippen MR) is 107 cm³/mol. The molecule has 0 bridgehead atoms. The number of carbonyl (C=O) groups excluding carboxylic acids is 1. The number of hydrogen-bond donors (Lipinski definition) is 0. The summed E-state index contributed by atoms with van der Waals surface area (Å²) in [7, 11) is 0. The van der Waals surface area contributed by atoms with E-state index < -0.39 is 30.3 Å². The lowest BCUT2D eigenvalue weighted by Crippen LogP contribution is -2.37. The number of carbonyl (C=O) groups is 1. The number of anilines is 2. The number of nitrogens with zero attached hydrogens (tertiary/aromatic N) is 7. The van der Waals surface area contributed by atoms with Gasteiger partial charge >= 0.3 is 6.18 Å². The molecule has 3 aromatic rings. The molecule has 8 nitrogen and oxygen atoms in total. The highest BCUT2D eigenvalue weighted by Gasteiger charge is 2.51. The predicted octanol–water partition coefficient (Wildman–Crippen LogP) is 3.14. The SMILES string of the molecule is O=C1N(c2ccc(C(F)(F)F)nc2)CCC12CCN(c1cnc3cnn(CC(F)F)c3n1)C2. The lowest BCUT2D eigenvalue weighted by Gasteiger charge is -2.24. The second-order valence-electron chi connectivity index (χ2n) is 8.21. The molecule has 33 heavy (non-hydrogen) atoms. The van der Waals surface area contributed by atoms with Crippen LogP contribution in [0.2, 0.25) is 0 Å². The number of rotatable bonds is 4. The third-order valence-electron chi connectivity index (χ3n) is 6.18. The van der Waals surface area contributed by atoms with Gasteiger partial charge in [0.15, 0.2) is 5.65 Å². The van der Waals surface area contributed by atoms with Crippen molar-refractivity contribution in [3.8, 4) is 0 Å². The Hall–Kier alpha value is -3.38. The van der Waals surface area contributed by atoms with Crippen LogP contribution in [0.5, 0.6) is 0 Å². The molecule has 1 spiro atoms. The highest BCUT2D eigenvalue weighted by atomic mass is 19.4. The van der Waals surface area contributed by atoms with Gasteiger partial charge in [-0.1, -0.05) is 0 Å². The van der Waals surface area contributed by atoms with E-state index in [4.69, 9.17) is 0 Å². The van der Waals surface area contributed by atoms with Gasteiger partial charge in [0.2, 0.25) is 5.91 Å². The second kappa shape index (κ2) is 7.59. The molecule has 0 radical (unpaired) electrons. The zero-order valence-electron chi connectivity index (χ0n) is 17.1. The molecular formula is C20H18F5N7O. The number of amides is 1. The minimum atomic E-state index is -4.55. The molecular weight excluding hydrogens is 449 g/mol. The summed E-state index contributed by atoms with van der Waals surface area (Å²) >= 11 is 0. The van der Waals surface area contributed by atoms with E-state index in [0.29, 0.717) is 49.5 Å². The Morgan fingerprint density at radius 2 is 1.85 bits per heavy atom. The average molecular weight is 467 g/mol. The smallest absolute Gasteiger partial charge is 0.354 e. The molecule has 2 aliphatic heterocycles. The fourth-order valence-electron chi connectivity index (χ4n) is 4.48. The summed E-state index contributed by atoms with van der Waals surface area (Å²) in [5, 5.41) is 3.91. The second-order valence-corrected chi connectivity index (χ2v) is 8.21. The molecule has 2 saturated heterocycles. The van der Waals surface area contributed by atoms with Gasteiger partial charge < -0.3 is 9.80 Å². The number of alkyl halides is 5. The van der Waals surface area contributed by atoms with Gasteiger partial charge in [-0.05, 0) is 25.0 Å². The Morgan fingerprint density at radius 3 is 2.55 bits per heavy atom. The van der Waals surface area contributed by atoms with Crippen LogP contribution in [-0.4, -0.2) is 56.7 Å². The van der Waals surface area contributed by atoms with Gasteiger partial charge in [-0.3, -0.25) is 4.79 Å². The van der Waals surface area contributed by atoms with Crippen LogP contribution in [0.4, 0.5) is 33.5 Å². The third kappa shape index (κ3) is 3.74. The van der Waals surface area contributed by atoms with Crippen LogP contribution >= 0.6 is 0 Å². The van der Waals surface area contributed by atoms with Crippen LogP contribution in [0.25, 0.3) is 11.2 Å². The summed E-state index contributed by atoms with van der Waals surface area (Å²) in [6.07, 6.45) is -2.11. The summed E-state index contributed by atoms with van der Waals surface area (Å²) in [5.74, 6) is 0.279. The maximum atomic E-state index is 13.3. The first-order valence-electron chi connectivity index (χ1n) is 10.2. The zero-order valence-corrected chi connectivity index (χ0v) is 17.1. The van der Waals surface area contributed by atoms with Crippen LogP contribution in [0, 0.1) is 5.41 Å². The largest absolute Gasteiger partial charge is 0.433 e. The van der Waals surface area contributed by atoms with Crippen molar-refractivity contribution in [1.29, 1.82) is 0 Å². The molecule has 1 atom stereocenters. The van der Waals surface area contributed by atoms with Crippen molar-refractivity contribution in [2.75, 3.05) is 29.4 Å². The van der Waals surface area contributed by atoms with Gasteiger partial charge in [0, 0.05) is 19.6 Å². The van der Waals surface area contributed by atoms with E-state index in [9.17, 15) is 26.7 Å². The molecule has 5 rings (SSSR count). The number of halogens is 5. The first kappa shape index (κ1) is 21.5. The Balaban J connectivity index is 1.35. The number of aromatic nitrogens is 5. The quantitative estimate of drug-likeness (QED) is 0.549. The lowest BCUT2D eigenvalue weighted by atomic mass is 9.85. The van der Waals surface area contributed by atoms with E-state index in [1.54, 1.807) is 0 Å². The van der Waals surface area contributed by atoms with E-state index in [1.165, 1.54) is 23.4 Å². The molecule has 1 unspecified atom stereocenters. The zero-order chi connectivity index (χ0) is 23.4. The number of pyridine rings is 1. The first-order valence-corrected chi connectivity index (χ1v) is 10.2. The molecule has 2 fully saturated rings. The normalized spacial score (nSPS) is 21.3. The Labute approximate surface area is 184 Å². The average Bonchev–Trinajstić information content (AvgIpc) is 3.46. The number of fused-ring (bicyclic) bond motifs is 1. The van der Waals surface area contributed by atoms with Crippen LogP contribution < -0.4 is 9.80 Å². The molecule has 0 N–H and O–H groups in total. The highest BCUT2D eigenvalue weighted by Crippen LogP contribution is 2.43. The minimum Gasteiger partial charge on any atom is -0.354 e. The van der Waals surface area contributed by atoms with E-state index in [1.807, 2.05) is 4.90 Å². The van der Waals surface area contributed by atoms with Gasteiger partial charge in [-0.2, -0.15) is 18.3 Å². The highest BCUT2D eigenvalue weighted by molar-refractivity contribution is 6.00. The molecule has 2 aliphatic rings. The van der Waals surface area contributed by atoms with Crippen LogP contribution in [0.1, 0.15) is 18.5 Å². The molecule has 0 saturated carbocycles. The van der Waals surface area contributed by atoms with Crippen molar-refractivity contribution in [2.24, 2.45) is 5.41 Å². The monoisotopic (exact) mass is 467 g/mol. The summed E-state index contributed by atoms with van der Waals surface area (Å²) in [6.45, 7) is 0.624. The molecule has 13 heteroatoms. The molecule has 0 aromatic carbocycles. The fourth-order valence-corrected chi connectivity index (χ4v) is 4.48. The van der Waals surface area contributed by atoms with E-state index >= 15 is 0 Å². The van der Waals surface area contributed by atoms with Crippen LogP contribution in [0.15, 0.2) is 30.7 Å². The van der Waals surface area contributed by atoms with E-state index in [2.05, 4.69) is 20.1 Å². The third-order valence-corrected chi connectivity index (χ3v) is 6.18. The van der Waals surface area contributed by atoms with Crippen molar-refractivity contribution >= 4 is 28.6 Å². The van der Waals surface area contributed by atoms with Gasteiger partial charge in [0.05, 0.1) is 29.7 Å². The molecule has 174 valence electrons. The van der Waals surface area contributed by atoms with Crippen molar-refractivity contribution in [3.63, 3.8) is 0 Å². The summed E-state index contributed by atoms with van der Waals surface area (Å²) in [4.78, 5) is 28.7. The van der Waals surface area contributed by atoms with Crippen molar-refractivity contribution < 1.29 is 26.7 Å². The summed E-state index contributed by atoms with van der Waals surface area (Å²) < 4.78 is 65.1. The Bertz CT molecular complexity index is 1200. The topological polar surface area (TPSA) is 80.0 Å². The summed E-state index contributed by atoms with van der Waals surface area (Å²) in [5.41, 5.74) is -0.766. The van der Waals surface area contributed by atoms with Gasteiger partial charge in [0.25, 0.3) is 6.43 Å². The number of hydrogen-bond acceptors (Lipinski definition) is 6. The van der Waals surface area contributed by atoms with Crippen molar-refractivity contribution in [2.45, 2.75) is 32.0 Å². The van der Waals surface area contributed by atoms with Crippen molar-refractivity contribution in [3.05, 3.63) is 36.4 Å². The summed E-state index contributed by atoms with van der Waals surface area (Å²) in [6, 6.07) is 2.12. The molecule has 5 heterocycles. The fraction of sp³-hybridized carbons (Fsp3) is 0.450. The van der Waals surface area contributed by atoms with Gasteiger partial charge in [0.1, 0.15) is 23.6 Å². The van der Waals surface area contributed by atoms with E-state index in [0.717, 1.165) is 16.9 Å². The molecule has 1 amide bonds. The standard InChI is InChI=1S/C20H18F5N7O/c21-15(22)10-32-17-13(8-28-32)26-9-16(29-17)30-5-3-19(11-30)4-6-31(18(19)33)12-1-2-14(27-7-12)20(23,24)25/h1-2,7-9,15H,3-6,10-11H2. The minimum absolute atomic E-state index is 0.177. The maximum absolute atomic E-state index is 13.3. The maximum Gasteiger partial charge on any atom is 0.433 e. The first-order chi connectivity index (χ1) is 15.7.